The summed E-state index contributed by atoms with van der Waals surface area (Å²) in [6.45, 7) is 2.71. The molecule has 5 nitrogen and oxygen atoms in total. The van der Waals surface area contributed by atoms with Gasteiger partial charge in [0, 0.05) is 10.8 Å². The van der Waals surface area contributed by atoms with Gasteiger partial charge in [0.05, 0.1) is 11.9 Å². The number of rotatable bonds is 9. The third-order valence-corrected chi connectivity index (χ3v) is 6.63. The highest BCUT2D eigenvalue weighted by molar-refractivity contribution is 7.99. The third kappa shape index (κ3) is 5.63. The molecule has 0 spiro atoms. The lowest BCUT2D eigenvalue weighted by Crippen LogP contribution is -2.12. The number of aromatic nitrogens is 4. The highest BCUT2D eigenvalue weighted by Gasteiger charge is 2.16. The van der Waals surface area contributed by atoms with E-state index in [0.717, 1.165) is 33.3 Å². The monoisotopic (exact) mass is 465 g/mol. The standard InChI is InChI=1S/C20H24ClN5S3/c1-3-4-5-6-10-29-19-23-17-15(18(25-19)28-2)16(22)26(20(27)24-17)12-13-8-7-9-14(21)11-13/h7-9,11H,3-6,10,12,22H2,1-2H3. The van der Waals surface area contributed by atoms with E-state index in [-0.39, 0.29) is 0 Å². The van der Waals surface area contributed by atoms with Gasteiger partial charge in [-0.2, -0.15) is 4.98 Å². The molecule has 1 aromatic carbocycles. The number of hydrogen-bond donors (Lipinski definition) is 1. The number of nitrogen functional groups attached to an aromatic ring is 1. The first-order valence-electron chi connectivity index (χ1n) is 9.52. The lowest BCUT2D eigenvalue weighted by molar-refractivity contribution is 0.705. The van der Waals surface area contributed by atoms with Gasteiger partial charge in [0.15, 0.2) is 10.8 Å². The summed E-state index contributed by atoms with van der Waals surface area (Å²) in [5.74, 6) is 1.53. The molecule has 0 radical (unpaired) electrons. The number of unbranched alkanes of at least 4 members (excludes halogenated alkanes) is 3. The number of fused-ring (bicyclic) bond motifs is 1. The zero-order valence-corrected chi connectivity index (χ0v) is 19.7. The maximum Gasteiger partial charge on any atom is 0.203 e. The summed E-state index contributed by atoms with van der Waals surface area (Å²) in [6.07, 6.45) is 6.87. The first kappa shape index (κ1) is 22.3. The topological polar surface area (TPSA) is 69.6 Å². The van der Waals surface area contributed by atoms with Gasteiger partial charge >= 0.3 is 0 Å². The van der Waals surface area contributed by atoms with Crippen LogP contribution in [0.1, 0.15) is 38.2 Å². The average molecular weight is 466 g/mol. The molecule has 0 amide bonds. The predicted molar refractivity (Wildman–Crippen MR) is 128 cm³/mol. The van der Waals surface area contributed by atoms with E-state index in [0.29, 0.717) is 27.8 Å². The van der Waals surface area contributed by atoms with E-state index in [4.69, 9.17) is 34.5 Å². The van der Waals surface area contributed by atoms with Crippen molar-refractivity contribution in [2.75, 3.05) is 17.7 Å². The van der Waals surface area contributed by atoms with Gasteiger partial charge in [-0.15, -0.1) is 11.8 Å². The van der Waals surface area contributed by atoms with E-state index in [1.165, 1.54) is 19.3 Å². The first-order valence-corrected chi connectivity index (χ1v) is 12.5. The Morgan fingerprint density at radius 1 is 1.17 bits per heavy atom. The predicted octanol–water partition coefficient (Wildman–Crippen LogP) is 6.23. The molecule has 0 atom stereocenters. The van der Waals surface area contributed by atoms with Crippen LogP contribution < -0.4 is 5.73 Å². The van der Waals surface area contributed by atoms with Gasteiger partial charge in [0.2, 0.25) is 4.77 Å². The molecular weight excluding hydrogens is 442 g/mol. The Balaban J connectivity index is 1.94. The second-order valence-corrected chi connectivity index (χ2v) is 9.28. The summed E-state index contributed by atoms with van der Waals surface area (Å²) in [7, 11) is 0. The van der Waals surface area contributed by atoms with Crippen LogP contribution >= 0.6 is 47.3 Å². The van der Waals surface area contributed by atoms with Crippen LogP contribution in [0.5, 0.6) is 0 Å². The van der Waals surface area contributed by atoms with Crippen molar-refractivity contribution in [1.29, 1.82) is 0 Å². The molecule has 2 N–H and O–H groups in total. The Labute approximate surface area is 189 Å². The third-order valence-electron chi connectivity index (χ3n) is 4.47. The molecule has 29 heavy (non-hydrogen) atoms. The lowest BCUT2D eigenvalue weighted by atomic mass is 10.2. The van der Waals surface area contributed by atoms with Crippen LogP contribution in [0, 0.1) is 4.77 Å². The van der Waals surface area contributed by atoms with E-state index in [1.807, 2.05) is 35.1 Å². The Bertz CT molecular complexity index is 1050. The van der Waals surface area contributed by atoms with Crippen molar-refractivity contribution in [3.8, 4) is 0 Å². The van der Waals surface area contributed by atoms with Crippen LogP contribution in [0.15, 0.2) is 34.4 Å². The summed E-state index contributed by atoms with van der Waals surface area (Å²) < 4.78 is 2.21. The summed E-state index contributed by atoms with van der Waals surface area (Å²) in [5.41, 5.74) is 8.08. The van der Waals surface area contributed by atoms with Crippen molar-refractivity contribution in [1.82, 2.24) is 19.5 Å². The van der Waals surface area contributed by atoms with Gasteiger partial charge in [-0.25, -0.2) is 9.97 Å². The maximum atomic E-state index is 6.51. The van der Waals surface area contributed by atoms with E-state index in [2.05, 4.69) is 16.9 Å². The van der Waals surface area contributed by atoms with Crippen LogP contribution in [-0.4, -0.2) is 31.5 Å². The van der Waals surface area contributed by atoms with Crippen LogP contribution in [0.3, 0.4) is 0 Å². The molecular formula is C20H24ClN5S3. The van der Waals surface area contributed by atoms with Crippen LogP contribution in [0.4, 0.5) is 5.82 Å². The van der Waals surface area contributed by atoms with Crippen LogP contribution in [-0.2, 0) is 6.54 Å². The van der Waals surface area contributed by atoms with Crippen molar-refractivity contribution in [2.45, 2.75) is 49.3 Å². The van der Waals surface area contributed by atoms with E-state index in [9.17, 15) is 0 Å². The molecule has 9 heteroatoms. The Morgan fingerprint density at radius 2 is 2.00 bits per heavy atom. The Hall–Kier alpha value is -1.35. The number of nitrogens with two attached hydrogens (primary N) is 1. The van der Waals surface area contributed by atoms with Gasteiger partial charge in [-0.05, 0) is 42.6 Å². The molecule has 0 unspecified atom stereocenters. The highest BCUT2D eigenvalue weighted by Crippen LogP contribution is 2.30. The number of anilines is 1. The van der Waals surface area contributed by atoms with Crippen LogP contribution in [0.2, 0.25) is 5.02 Å². The van der Waals surface area contributed by atoms with Crippen molar-refractivity contribution in [3.05, 3.63) is 39.6 Å². The molecule has 0 fully saturated rings. The number of halogens is 1. The minimum atomic E-state index is 0.402. The van der Waals surface area contributed by atoms with E-state index < -0.39 is 0 Å². The van der Waals surface area contributed by atoms with Crippen molar-refractivity contribution < 1.29 is 0 Å². The molecule has 0 saturated heterocycles. The van der Waals surface area contributed by atoms with Gasteiger partial charge in [-0.1, -0.05) is 61.7 Å². The Morgan fingerprint density at radius 3 is 2.72 bits per heavy atom. The van der Waals surface area contributed by atoms with Gasteiger partial charge in [0.25, 0.3) is 0 Å². The second kappa shape index (κ2) is 10.6. The fourth-order valence-electron chi connectivity index (χ4n) is 2.98. The summed E-state index contributed by atoms with van der Waals surface area (Å²) in [6, 6.07) is 7.64. The quantitative estimate of drug-likeness (QED) is 0.132. The molecule has 154 valence electrons. The van der Waals surface area contributed by atoms with Crippen LogP contribution in [0.25, 0.3) is 11.0 Å². The smallest absolute Gasteiger partial charge is 0.203 e. The fourth-order valence-corrected chi connectivity index (χ4v) is 4.91. The largest absolute Gasteiger partial charge is 0.384 e. The second-order valence-electron chi connectivity index (χ2n) is 6.62. The molecule has 2 heterocycles. The molecule has 0 aliphatic rings. The Kier molecular flexibility index (Phi) is 8.17. The number of benzene rings is 1. The van der Waals surface area contributed by atoms with Gasteiger partial charge in [-0.3, -0.25) is 4.57 Å². The zero-order valence-electron chi connectivity index (χ0n) is 16.5. The minimum Gasteiger partial charge on any atom is -0.384 e. The van der Waals surface area contributed by atoms with Gasteiger partial charge < -0.3 is 5.73 Å². The molecule has 0 aliphatic carbocycles. The molecule has 0 bridgehead atoms. The molecule has 3 aromatic rings. The number of nitrogens with zero attached hydrogens (tertiary/aromatic N) is 4. The first-order chi connectivity index (χ1) is 14.0. The molecule has 0 saturated carbocycles. The highest BCUT2D eigenvalue weighted by atomic mass is 35.5. The minimum absolute atomic E-state index is 0.402. The SMILES string of the molecule is CCCCCCSc1nc(SC)c2c(N)n(Cc3cccc(Cl)c3)c(=S)nc2n1. The van der Waals surface area contributed by atoms with E-state index in [1.54, 1.807) is 23.5 Å². The average Bonchev–Trinajstić information content (AvgIpc) is 2.70. The maximum absolute atomic E-state index is 6.51. The van der Waals surface area contributed by atoms with Crippen molar-refractivity contribution in [3.63, 3.8) is 0 Å². The lowest BCUT2D eigenvalue weighted by Gasteiger charge is -2.15. The number of thioether (sulfide) groups is 2. The van der Waals surface area contributed by atoms with Crippen molar-refractivity contribution in [2.24, 2.45) is 0 Å². The molecule has 3 rings (SSSR count). The van der Waals surface area contributed by atoms with Gasteiger partial charge in [0.1, 0.15) is 10.8 Å². The van der Waals surface area contributed by atoms with Crippen molar-refractivity contribution >= 4 is 64.2 Å². The summed E-state index contributed by atoms with van der Waals surface area (Å²) in [5, 5.41) is 2.98. The normalized spacial score (nSPS) is 11.3. The molecule has 0 aliphatic heterocycles. The fraction of sp³-hybridized carbons (Fsp3) is 0.400. The van der Waals surface area contributed by atoms with E-state index >= 15 is 0 Å². The summed E-state index contributed by atoms with van der Waals surface area (Å²) >= 11 is 14.8. The summed E-state index contributed by atoms with van der Waals surface area (Å²) in [4.78, 5) is 13.9. The number of hydrogen-bond acceptors (Lipinski definition) is 7. The molecule has 2 aromatic heterocycles. The zero-order chi connectivity index (χ0) is 20.8.